The summed E-state index contributed by atoms with van der Waals surface area (Å²) in [7, 11) is 0. The number of halogens is 1. The first-order valence-electron chi connectivity index (χ1n) is 6.54. The number of aromatic nitrogens is 1. The Labute approximate surface area is 123 Å². The van der Waals surface area contributed by atoms with E-state index in [2.05, 4.69) is 65.2 Å². The molecule has 0 amide bonds. The highest BCUT2D eigenvalue weighted by Gasteiger charge is 2.17. The molecule has 3 heteroatoms. The summed E-state index contributed by atoms with van der Waals surface area (Å²) in [5.74, 6) is 0. The van der Waals surface area contributed by atoms with Crippen LogP contribution in [0.4, 0.5) is 0 Å². The topological polar surface area (TPSA) is 24.9 Å². The number of benzene rings is 1. The lowest BCUT2D eigenvalue weighted by Crippen LogP contribution is -2.23. The van der Waals surface area contributed by atoms with Crippen molar-refractivity contribution in [3.63, 3.8) is 0 Å². The van der Waals surface area contributed by atoms with Gasteiger partial charge < -0.3 is 5.32 Å². The van der Waals surface area contributed by atoms with Crippen molar-refractivity contribution in [3.8, 4) is 0 Å². The molecule has 0 bridgehead atoms. The van der Waals surface area contributed by atoms with Crippen LogP contribution < -0.4 is 5.32 Å². The predicted molar refractivity (Wildman–Crippen MR) is 83.4 cm³/mol. The van der Waals surface area contributed by atoms with Crippen LogP contribution in [0.1, 0.15) is 35.3 Å². The predicted octanol–water partition coefficient (Wildman–Crippen LogP) is 4.16. The van der Waals surface area contributed by atoms with Crippen molar-refractivity contribution in [2.24, 2.45) is 0 Å². The van der Waals surface area contributed by atoms with E-state index in [1.165, 1.54) is 16.7 Å². The monoisotopic (exact) mass is 318 g/mol. The molecular formula is C16H19BrN2. The molecule has 0 saturated carbocycles. The van der Waals surface area contributed by atoms with Gasteiger partial charge in [0.25, 0.3) is 0 Å². The lowest BCUT2D eigenvalue weighted by Gasteiger charge is -2.20. The highest BCUT2D eigenvalue weighted by atomic mass is 79.9. The minimum atomic E-state index is 0.125. The normalized spacial score (nSPS) is 12.4. The van der Waals surface area contributed by atoms with E-state index >= 15 is 0 Å². The highest BCUT2D eigenvalue weighted by Crippen LogP contribution is 2.27. The van der Waals surface area contributed by atoms with Crippen LogP contribution in [0.2, 0.25) is 0 Å². The van der Waals surface area contributed by atoms with Crippen LogP contribution in [0, 0.1) is 13.8 Å². The number of pyridine rings is 1. The highest BCUT2D eigenvalue weighted by molar-refractivity contribution is 9.10. The molecule has 1 unspecified atom stereocenters. The summed E-state index contributed by atoms with van der Waals surface area (Å²) in [6.07, 6.45) is 1.84. The Hall–Kier alpha value is -1.19. The fraction of sp³-hybridized carbons (Fsp3) is 0.312. The van der Waals surface area contributed by atoms with E-state index in [1.54, 1.807) is 0 Å². The number of nitrogens with zero attached hydrogens (tertiary/aromatic N) is 1. The van der Waals surface area contributed by atoms with Gasteiger partial charge in [0.05, 0.1) is 11.7 Å². The van der Waals surface area contributed by atoms with Crippen LogP contribution in [0.25, 0.3) is 0 Å². The van der Waals surface area contributed by atoms with Gasteiger partial charge in [-0.1, -0.05) is 25.1 Å². The summed E-state index contributed by atoms with van der Waals surface area (Å²) in [5, 5.41) is 3.51. The second-order valence-corrected chi connectivity index (χ2v) is 5.56. The summed E-state index contributed by atoms with van der Waals surface area (Å²) in [5.41, 5.74) is 4.92. The molecule has 0 spiro atoms. The molecule has 0 aliphatic carbocycles. The van der Waals surface area contributed by atoms with Crippen LogP contribution in [0.15, 0.2) is 41.0 Å². The van der Waals surface area contributed by atoms with E-state index in [4.69, 9.17) is 0 Å². The summed E-state index contributed by atoms with van der Waals surface area (Å²) in [4.78, 5) is 4.52. The summed E-state index contributed by atoms with van der Waals surface area (Å²) in [6.45, 7) is 7.30. The minimum absolute atomic E-state index is 0.125. The third kappa shape index (κ3) is 3.23. The van der Waals surface area contributed by atoms with Crippen LogP contribution in [0.3, 0.4) is 0 Å². The molecule has 1 heterocycles. The molecule has 1 aromatic carbocycles. The molecule has 0 radical (unpaired) electrons. The molecule has 19 heavy (non-hydrogen) atoms. The van der Waals surface area contributed by atoms with Crippen molar-refractivity contribution in [2.45, 2.75) is 26.8 Å². The molecule has 0 aliphatic rings. The molecule has 1 N–H and O–H groups in total. The molecule has 2 aromatic rings. The van der Waals surface area contributed by atoms with Gasteiger partial charge in [-0.2, -0.15) is 0 Å². The molecule has 2 nitrogen and oxygen atoms in total. The van der Waals surface area contributed by atoms with E-state index in [9.17, 15) is 0 Å². The van der Waals surface area contributed by atoms with Gasteiger partial charge in [0.1, 0.15) is 0 Å². The molecule has 0 fully saturated rings. The zero-order chi connectivity index (χ0) is 13.8. The Kier molecular flexibility index (Phi) is 4.72. The van der Waals surface area contributed by atoms with Gasteiger partial charge in [-0.15, -0.1) is 0 Å². The average molecular weight is 319 g/mol. The van der Waals surface area contributed by atoms with Crippen molar-refractivity contribution >= 4 is 15.9 Å². The first-order valence-corrected chi connectivity index (χ1v) is 7.33. The lowest BCUT2D eigenvalue weighted by atomic mass is 9.98. The van der Waals surface area contributed by atoms with E-state index in [-0.39, 0.29) is 6.04 Å². The fourth-order valence-electron chi connectivity index (χ4n) is 2.13. The number of hydrogen-bond acceptors (Lipinski definition) is 2. The van der Waals surface area contributed by atoms with Crippen molar-refractivity contribution < 1.29 is 0 Å². The van der Waals surface area contributed by atoms with E-state index in [0.717, 1.165) is 16.7 Å². The van der Waals surface area contributed by atoms with Gasteiger partial charge in [0.2, 0.25) is 0 Å². The Morgan fingerprint density at radius 3 is 2.63 bits per heavy atom. The summed E-state index contributed by atoms with van der Waals surface area (Å²) >= 11 is 3.59. The molecular weight excluding hydrogens is 300 g/mol. The summed E-state index contributed by atoms with van der Waals surface area (Å²) in [6, 6.07) is 10.7. The number of aryl methyl sites for hydroxylation is 2. The molecule has 1 aromatic heterocycles. The van der Waals surface area contributed by atoms with Crippen molar-refractivity contribution in [2.75, 3.05) is 6.54 Å². The van der Waals surface area contributed by atoms with Gasteiger partial charge in [0, 0.05) is 10.7 Å². The van der Waals surface area contributed by atoms with Crippen molar-refractivity contribution in [3.05, 3.63) is 63.4 Å². The summed E-state index contributed by atoms with van der Waals surface area (Å²) < 4.78 is 1.04. The van der Waals surface area contributed by atoms with Gasteiger partial charge in [-0.3, -0.25) is 4.98 Å². The molecule has 100 valence electrons. The first kappa shape index (κ1) is 14.2. The maximum Gasteiger partial charge on any atom is 0.0763 e. The zero-order valence-electron chi connectivity index (χ0n) is 11.6. The van der Waals surface area contributed by atoms with Crippen LogP contribution >= 0.6 is 15.9 Å². The quantitative estimate of drug-likeness (QED) is 0.915. The third-order valence-electron chi connectivity index (χ3n) is 3.33. The number of nitrogens with one attached hydrogen (secondary N) is 1. The average Bonchev–Trinajstić information content (AvgIpc) is 2.40. The Balaban J connectivity index is 2.45. The number of hydrogen-bond donors (Lipinski definition) is 1. The lowest BCUT2D eigenvalue weighted by molar-refractivity contribution is 0.612. The standard InChI is InChI=1S/C16H19BrN2/c1-4-18-15(16-14(17)6-5-9-19-16)13-8-7-11(2)12(3)10-13/h5-10,15,18H,4H2,1-3H3. The van der Waals surface area contributed by atoms with Crippen molar-refractivity contribution in [1.82, 2.24) is 10.3 Å². The maximum atomic E-state index is 4.52. The van der Waals surface area contributed by atoms with Crippen molar-refractivity contribution in [1.29, 1.82) is 0 Å². The van der Waals surface area contributed by atoms with Gasteiger partial charge in [0.15, 0.2) is 0 Å². The second-order valence-electron chi connectivity index (χ2n) is 4.70. The molecule has 2 rings (SSSR count). The van der Waals surface area contributed by atoms with E-state index < -0.39 is 0 Å². The minimum Gasteiger partial charge on any atom is -0.305 e. The zero-order valence-corrected chi connectivity index (χ0v) is 13.2. The van der Waals surface area contributed by atoms with Crippen LogP contribution in [-0.4, -0.2) is 11.5 Å². The maximum absolute atomic E-state index is 4.52. The van der Waals surface area contributed by atoms with Gasteiger partial charge >= 0.3 is 0 Å². The molecule has 1 atom stereocenters. The van der Waals surface area contributed by atoms with Gasteiger partial charge in [-0.05, 0) is 65.1 Å². The Bertz CT molecular complexity index is 566. The largest absolute Gasteiger partial charge is 0.305 e. The second kappa shape index (κ2) is 6.31. The fourth-order valence-corrected chi connectivity index (χ4v) is 2.61. The third-order valence-corrected chi connectivity index (χ3v) is 4.00. The van der Waals surface area contributed by atoms with Crippen LogP contribution in [0.5, 0.6) is 0 Å². The molecule has 0 aliphatic heterocycles. The molecule has 0 saturated heterocycles. The van der Waals surface area contributed by atoms with Crippen LogP contribution in [-0.2, 0) is 0 Å². The first-order chi connectivity index (χ1) is 9.13. The Morgan fingerprint density at radius 2 is 2.00 bits per heavy atom. The SMILES string of the molecule is CCNC(c1ccc(C)c(C)c1)c1ncccc1Br. The van der Waals surface area contributed by atoms with E-state index in [0.29, 0.717) is 0 Å². The number of rotatable bonds is 4. The van der Waals surface area contributed by atoms with Gasteiger partial charge in [-0.25, -0.2) is 0 Å². The smallest absolute Gasteiger partial charge is 0.0763 e. The van der Waals surface area contributed by atoms with E-state index in [1.807, 2.05) is 18.3 Å². The Morgan fingerprint density at radius 1 is 1.21 bits per heavy atom.